The lowest BCUT2D eigenvalue weighted by atomic mass is 9.81. The van der Waals surface area contributed by atoms with E-state index in [1.54, 1.807) is 0 Å². The van der Waals surface area contributed by atoms with Crippen molar-refractivity contribution in [2.24, 2.45) is 0 Å². The van der Waals surface area contributed by atoms with E-state index in [1.165, 1.54) is 105 Å². The summed E-state index contributed by atoms with van der Waals surface area (Å²) >= 11 is 0. The molecule has 0 atom stereocenters. The summed E-state index contributed by atoms with van der Waals surface area (Å²) < 4.78 is 2.43. The lowest BCUT2D eigenvalue weighted by Crippen LogP contribution is -2.14. The molecule has 1 aliphatic rings. The molecule has 0 spiro atoms. The smallest absolute Gasteiger partial charge is 0.0541 e. The molecule has 12 aromatic carbocycles. The summed E-state index contributed by atoms with van der Waals surface area (Å²) in [6.07, 6.45) is 0. The van der Waals surface area contributed by atoms with Crippen molar-refractivity contribution < 1.29 is 0 Å². The van der Waals surface area contributed by atoms with Crippen LogP contribution in [0.3, 0.4) is 0 Å². The largest absolute Gasteiger partial charge is 0.311 e. The van der Waals surface area contributed by atoms with E-state index in [-0.39, 0.29) is 5.41 Å². The molecule has 0 saturated heterocycles. The molecule has 0 N–H and O–H groups in total. The third-order valence-electron chi connectivity index (χ3n) is 15.6. The van der Waals surface area contributed by atoms with Crippen molar-refractivity contribution in [2.45, 2.75) is 19.3 Å². The summed E-state index contributed by atoms with van der Waals surface area (Å²) in [5, 5.41) is 7.59. The number of rotatable bonds is 8. The topological polar surface area (TPSA) is 8.17 Å². The van der Waals surface area contributed by atoms with Crippen LogP contribution in [-0.2, 0) is 5.41 Å². The van der Waals surface area contributed by atoms with E-state index in [9.17, 15) is 0 Å². The van der Waals surface area contributed by atoms with E-state index >= 15 is 0 Å². The van der Waals surface area contributed by atoms with E-state index < -0.39 is 0 Å². The Hall–Kier alpha value is -9.24. The van der Waals surface area contributed by atoms with Crippen molar-refractivity contribution in [2.75, 3.05) is 4.90 Å². The summed E-state index contributed by atoms with van der Waals surface area (Å²) in [5.74, 6) is 0. The number of aromatic nitrogens is 1. The van der Waals surface area contributed by atoms with Crippen molar-refractivity contribution in [1.82, 2.24) is 4.57 Å². The highest BCUT2D eigenvalue weighted by Gasteiger charge is 2.35. The van der Waals surface area contributed by atoms with Gasteiger partial charge in [-0.3, -0.25) is 0 Å². The van der Waals surface area contributed by atoms with Crippen LogP contribution in [-0.4, -0.2) is 4.57 Å². The Bertz CT molecular complexity index is 4220. The second kappa shape index (κ2) is 17.0. The lowest BCUT2D eigenvalue weighted by molar-refractivity contribution is 0.660. The van der Waals surface area contributed by atoms with Crippen LogP contribution in [0.4, 0.5) is 17.1 Å². The molecule has 1 aliphatic carbocycles. The standard InChI is InChI=1S/C71H50N2/c1-71(2)66-23-11-7-19-61(66)62-44-36-52(46-67(62)71)48-31-39-55(40-32-48)72(54-37-29-47(30-38-54)51-35-43-59-53(45-51)28-27-49-15-3-4-16-57(49)59)56-41-33-50(34-42-56)58-17-5-6-18-60(58)63-20-8-12-24-68(63)73-69-25-13-9-21-64(69)65-22-10-14-26-70(65)73/h3-46H,1-2H3. The molecule has 0 unspecified atom stereocenters. The van der Waals surface area contributed by atoms with Gasteiger partial charge in [0.15, 0.2) is 0 Å². The minimum Gasteiger partial charge on any atom is -0.311 e. The highest BCUT2D eigenvalue weighted by molar-refractivity contribution is 6.10. The highest BCUT2D eigenvalue weighted by atomic mass is 15.1. The Kier molecular flexibility index (Phi) is 9.91. The van der Waals surface area contributed by atoms with Gasteiger partial charge in [-0.1, -0.05) is 214 Å². The summed E-state index contributed by atoms with van der Waals surface area (Å²) in [6, 6.07) is 98.4. The maximum absolute atomic E-state index is 2.43. The first-order chi connectivity index (χ1) is 36.0. The summed E-state index contributed by atoms with van der Waals surface area (Å²) in [5.41, 5.74) is 21.8. The first-order valence-electron chi connectivity index (χ1n) is 25.4. The first-order valence-corrected chi connectivity index (χ1v) is 25.4. The molecule has 1 aromatic heterocycles. The van der Waals surface area contributed by atoms with Gasteiger partial charge in [0, 0.05) is 38.8 Å². The van der Waals surface area contributed by atoms with Gasteiger partial charge in [0.05, 0.1) is 16.7 Å². The van der Waals surface area contributed by atoms with E-state index in [1.807, 2.05) is 0 Å². The maximum Gasteiger partial charge on any atom is 0.0541 e. The molecule has 0 radical (unpaired) electrons. The van der Waals surface area contributed by atoms with Crippen LogP contribution >= 0.6 is 0 Å². The van der Waals surface area contributed by atoms with Gasteiger partial charge in [0.2, 0.25) is 0 Å². The molecule has 0 aliphatic heterocycles. The average Bonchev–Trinajstić information content (AvgIpc) is 3.91. The van der Waals surface area contributed by atoms with Gasteiger partial charge in [-0.15, -0.1) is 0 Å². The zero-order valence-electron chi connectivity index (χ0n) is 40.8. The number of para-hydroxylation sites is 3. The summed E-state index contributed by atoms with van der Waals surface area (Å²) in [6.45, 7) is 4.70. The van der Waals surface area contributed by atoms with Gasteiger partial charge in [0.1, 0.15) is 0 Å². The van der Waals surface area contributed by atoms with Crippen molar-refractivity contribution in [3.63, 3.8) is 0 Å². The molecular formula is C71H50N2. The van der Waals surface area contributed by atoms with Crippen LogP contribution in [0.1, 0.15) is 25.0 Å². The minimum absolute atomic E-state index is 0.0610. The Labute approximate surface area is 426 Å². The Balaban J connectivity index is 0.844. The van der Waals surface area contributed by atoms with Gasteiger partial charge in [-0.05, 0) is 149 Å². The molecule has 2 heteroatoms. The van der Waals surface area contributed by atoms with Crippen molar-refractivity contribution >= 4 is 60.4 Å². The minimum atomic E-state index is -0.0610. The molecule has 2 nitrogen and oxygen atoms in total. The molecule has 73 heavy (non-hydrogen) atoms. The summed E-state index contributed by atoms with van der Waals surface area (Å²) in [7, 11) is 0. The number of anilines is 3. The van der Waals surface area contributed by atoms with Crippen LogP contribution in [0, 0.1) is 0 Å². The third-order valence-corrected chi connectivity index (χ3v) is 15.6. The predicted molar refractivity (Wildman–Crippen MR) is 310 cm³/mol. The lowest BCUT2D eigenvalue weighted by Gasteiger charge is -2.26. The Morgan fingerprint density at radius 2 is 0.740 bits per heavy atom. The van der Waals surface area contributed by atoms with E-state index in [0.29, 0.717) is 0 Å². The maximum atomic E-state index is 2.43. The fourth-order valence-electron chi connectivity index (χ4n) is 12.0. The van der Waals surface area contributed by atoms with Gasteiger partial charge in [-0.25, -0.2) is 0 Å². The fourth-order valence-corrected chi connectivity index (χ4v) is 12.0. The average molecular weight is 931 g/mol. The van der Waals surface area contributed by atoms with Crippen LogP contribution in [0.5, 0.6) is 0 Å². The number of fused-ring (bicyclic) bond motifs is 9. The van der Waals surface area contributed by atoms with E-state index in [0.717, 1.165) is 28.3 Å². The number of benzene rings is 12. The fraction of sp³-hybridized carbons (Fsp3) is 0.0423. The molecule has 14 rings (SSSR count). The highest BCUT2D eigenvalue weighted by Crippen LogP contribution is 2.50. The predicted octanol–water partition coefficient (Wildman–Crippen LogP) is 19.5. The van der Waals surface area contributed by atoms with Crippen LogP contribution in [0.15, 0.2) is 267 Å². The SMILES string of the molecule is CC1(C)c2ccccc2-c2ccc(-c3ccc(N(c4ccc(-c5ccc6c(ccc7ccccc76)c5)cc4)c4ccc(-c5ccccc5-c5ccccc5-n5c6ccccc6c6ccccc65)cc4)cc3)cc21. The van der Waals surface area contributed by atoms with Gasteiger partial charge >= 0.3 is 0 Å². The molecule has 0 fully saturated rings. The Morgan fingerprint density at radius 1 is 0.288 bits per heavy atom. The normalized spacial score (nSPS) is 12.6. The zero-order valence-corrected chi connectivity index (χ0v) is 40.8. The van der Waals surface area contributed by atoms with Crippen LogP contribution < -0.4 is 4.90 Å². The third kappa shape index (κ3) is 7.01. The second-order valence-electron chi connectivity index (χ2n) is 20.1. The number of hydrogen-bond donors (Lipinski definition) is 0. The molecule has 0 bridgehead atoms. The summed E-state index contributed by atoms with van der Waals surface area (Å²) in [4.78, 5) is 2.38. The number of nitrogens with zero attached hydrogens (tertiary/aromatic N) is 2. The van der Waals surface area contributed by atoms with Gasteiger partial charge < -0.3 is 9.47 Å². The van der Waals surface area contributed by atoms with Gasteiger partial charge in [-0.2, -0.15) is 0 Å². The van der Waals surface area contributed by atoms with Crippen LogP contribution in [0.2, 0.25) is 0 Å². The van der Waals surface area contributed by atoms with Crippen LogP contribution in [0.25, 0.3) is 105 Å². The van der Waals surface area contributed by atoms with Crippen molar-refractivity contribution in [3.8, 4) is 61.3 Å². The molecule has 13 aromatic rings. The molecule has 0 amide bonds. The number of hydrogen-bond acceptors (Lipinski definition) is 1. The quantitative estimate of drug-likeness (QED) is 0.138. The van der Waals surface area contributed by atoms with E-state index in [2.05, 4.69) is 290 Å². The zero-order chi connectivity index (χ0) is 48.6. The van der Waals surface area contributed by atoms with Crippen molar-refractivity contribution in [3.05, 3.63) is 278 Å². The van der Waals surface area contributed by atoms with Gasteiger partial charge in [0.25, 0.3) is 0 Å². The molecule has 1 heterocycles. The second-order valence-corrected chi connectivity index (χ2v) is 20.1. The molecule has 344 valence electrons. The Morgan fingerprint density at radius 3 is 1.41 bits per heavy atom. The molecule has 0 saturated carbocycles. The molecular weight excluding hydrogens is 881 g/mol. The van der Waals surface area contributed by atoms with E-state index in [4.69, 9.17) is 0 Å². The monoisotopic (exact) mass is 930 g/mol. The van der Waals surface area contributed by atoms with Crippen molar-refractivity contribution in [1.29, 1.82) is 0 Å². The first kappa shape index (κ1) is 42.6.